The van der Waals surface area contributed by atoms with Crippen molar-refractivity contribution in [2.75, 3.05) is 18.5 Å². The summed E-state index contributed by atoms with van der Waals surface area (Å²) in [6.45, 7) is 2.19. The van der Waals surface area contributed by atoms with Gasteiger partial charge in [0.1, 0.15) is 18.2 Å². The van der Waals surface area contributed by atoms with E-state index in [2.05, 4.69) is 195 Å². The quantitative estimate of drug-likeness (QED) is 0.0661. The number of para-hydroxylation sites is 13. The number of aliphatic imine (C=N–C) groups is 3. The zero-order valence-corrected chi connectivity index (χ0v) is 79.3. The summed E-state index contributed by atoms with van der Waals surface area (Å²) >= 11 is 5.21. The number of hydrogen-bond donors (Lipinski definition) is 1. The average molecular weight is 1880 g/mol. The van der Waals surface area contributed by atoms with Gasteiger partial charge in [-0.2, -0.15) is 0 Å². The fraction of sp³-hybridized carbons (Fsp3) is 0.138. The van der Waals surface area contributed by atoms with Crippen LogP contribution in [0.15, 0.2) is 397 Å². The Labute approximate surface area is 822 Å². The van der Waals surface area contributed by atoms with Gasteiger partial charge >= 0.3 is 0 Å². The number of aromatic nitrogens is 16. The zero-order valence-electron chi connectivity index (χ0n) is 76.8. The number of nitrogens with zero attached hydrogens (tertiary/aromatic N) is 19. The van der Waals surface area contributed by atoms with E-state index in [1.165, 1.54) is 45.8 Å². The van der Waals surface area contributed by atoms with E-state index >= 15 is 0 Å². The lowest BCUT2D eigenvalue weighted by Gasteiger charge is -2.17. The molecule has 24 heteroatoms. The summed E-state index contributed by atoms with van der Waals surface area (Å²) in [5.41, 5.74) is 30.9. The second kappa shape index (κ2) is 45.5. The van der Waals surface area contributed by atoms with Crippen LogP contribution in [0, 0.1) is 0 Å². The largest absolute Gasteiger partial charge is 0.470 e. The van der Waals surface area contributed by atoms with Crippen LogP contribution in [0.1, 0.15) is 93.1 Å². The van der Waals surface area contributed by atoms with Crippen LogP contribution in [0.2, 0.25) is 0 Å². The standard InChI is InChI=1S/C23H22N4.C19H16N4.C19H15N3O.2C19H15N3S.C17H13N3S/c1-2-8-17(9-3-1)23-21-12-6-7-15-27(21)22(26-23)14-13-18-16-24-19-10-4-5-11-20(19)25-18;1-2-6-14(7-3-1)16-11-10-15(22-16)12-21-19-13-20-17-8-4-5-9-18(17)23-19;1-2-6-14(7-3-1)16-11-10-15(21-16)13-23-19-12-20-17-8-4-5-9-18(17)22-19;1-2-6-14(7-3-1)16-10-11-19(22-16)23-13-15-12-20-17-8-4-5-9-18(17)21-15;1-2-6-14(7-3-1)18-13-23-19(22-18)11-10-15-12-20-16-8-4-5-9-17(16)21-15;1-2-6-14-13(5-1)18-11-12(19-14)9-10-17-20-15-7-3-4-8-16(15)21-17/h1-5,8-11,16H,6-7,12-15H2;1-9,11,13H,10,12H2,(H,21,23);1-9,11-12H,10,13H2;1-10,12H,11,13H2;1-9,12-13H,10-11H2;1-8,11H,9-10H2. The molecule has 0 radical (unpaired) electrons. The normalized spacial score (nSPS) is 12.9. The van der Waals surface area contributed by atoms with Crippen molar-refractivity contribution in [3.8, 4) is 28.4 Å². The minimum Gasteiger partial charge on any atom is -0.470 e. The number of anilines is 1. The molecule has 13 heterocycles. The van der Waals surface area contributed by atoms with Crippen molar-refractivity contribution in [3.63, 3.8) is 0 Å². The highest BCUT2D eigenvalue weighted by Crippen LogP contribution is 2.34. The van der Waals surface area contributed by atoms with Crippen LogP contribution >= 0.6 is 34.4 Å². The van der Waals surface area contributed by atoms with Gasteiger partial charge in [0.2, 0.25) is 5.88 Å². The third kappa shape index (κ3) is 24.0. The molecule has 0 saturated carbocycles. The number of hydrogen-bond acceptors (Lipinski definition) is 23. The fourth-order valence-electron chi connectivity index (χ4n) is 16.5. The van der Waals surface area contributed by atoms with Crippen LogP contribution in [-0.2, 0) is 57.2 Å². The van der Waals surface area contributed by atoms with E-state index in [-0.39, 0.29) is 0 Å². The summed E-state index contributed by atoms with van der Waals surface area (Å²) in [5.74, 6) is 3.28. The Hall–Kier alpha value is -16.4. The van der Waals surface area contributed by atoms with Gasteiger partial charge in [-0.1, -0.05) is 255 Å². The second-order valence-corrected chi connectivity index (χ2v) is 36.6. The molecule has 0 amide bonds. The topological polar surface area (TPSA) is 257 Å². The van der Waals surface area contributed by atoms with E-state index in [9.17, 15) is 0 Å². The van der Waals surface area contributed by atoms with Crippen LogP contribution in [-0.4, -0.2) is 109 Å². The molecular formula is C116H96N20OS3. The molecule has 0 aliphatic carbocycles. The first-order valence-electron chi connectivity index (χ1n) is 47.0. The maximum Gasteiger partial charge on any atom is 0.233 e. The lowest BCUT2D eigenvalue weighted by Crippen LogP contribution is -2.13. The van der Waals surface area contributed by atoms with E-state index in [0.717, 1.165) is 243 Å². The average Bonchev–Trinajstić information content (AvgIpc) is 1.63. The Morgan fingerprint density at radius 2 is 0.743 bits per heavy atom. The Balaban J connectivity index is 0.000000103. The summed E-state index contributed by atoms with van der Waals surface area (Å²) in [6.07, 6.45) is 28.9. The van der Waals surface area contributed by atoms with Crippen molar-refractivity contribution in [2.45, 2.75) is 89.3 Å². The molecule has 140 heavy (non-hydrogen) atoms. The molecule has 684 valence electrons. The van der Waals surface area contributed by atoms with Crippen LogP contribution in [0.3, 0.4) is 0 Å². The molecule has 9 aromatic heterocycles. The maximum absolute atomic E-state index is 5.74. The molecule has 0 atom stereocenters. The molecule has 4 aliphatic heterocycles. The van der Waals surface area contributed by atoms with E-state index < -0.39 is 0 Å². The van der Waals surface area contributed by atoms with Gasteiger partial charge in [0.05, 0.1) is 167 Å². The van der Waals surface area contributed by atoms with E-state index in [1.807, 2.05) is 249 Å². The molecule has 0 saturated heterocycles. The first-order valence-corrected chi connectivity index (χ1v) is 49.7. The first kappa shape index (κ1) is 91.4. The molecule has 1 N–H and O–H groups in total. The van der Waals surface area contributed by atoms with Crippen molar-refractivity contribution in [3.05, 3.63) is 443 Å². The van der Waals surface area contributed by atoms with Gasteiger partial charge in [0, 0.05) is 104 Å². The van der Waals surface area contributed by atoms with Crippen LogP contribution in [0.25, 0.3) is 116 Å². The van der Waals surface area contributed by atoms with Crippen molar-refractivity contribution < 1.29 is 4.74 Å². The highest BCUT2D eigenvalue weighted by Gasteiger charge is 2.23. The number of thiazole rings is 2. The number of fused-ring (bicyclic) bond motifs is 8. The van der Waals surface area contributed by atoms with Crippen molar-refractivity contribution in [1.29, 1.82) is 0 Å². The third-order valence-electron chi connectivity index (χ3n) is 23.7. The molecule has 25 rings (SSSR count). The minimum absolute atomic E-state index is 0.430. The maximum atomic E-state index is 5.74. The van der Waals surface area contributed by atoms with Crippen LogP contribution < -0.4 is 10.1 Å². The fourth-order valence-corrected chi connectivity index (χ4v) is 19.1. The van der Waals surface area contributed by atoms with Crippen molar-refractivity contribution in [2.24, 2.45) is 15.0 Å². The highest BCUT2D eigenvalue weighted by atomic mass is 32.2. The summed E-state index contributed by atoms with van der Waals surface area (Å²) in [6, 6.07) is 107. The second-order valence-electron chi connectivity index (χ2n) is 33.5. The van der Waals surface area contributed by atoms with Gasteiger partial charge in [0.15, 0.2) is 0 Å². The Morgan fingerprint density at radius 1 is 0.329 bits per heavy atom. The Morgan fingerprint density at radius 3 is 1.28 bits per heavy atom. The van der Waals surface area contributed by atoms with Gasteiger partial charge in [-0.25, -0.2) is 54.8 Å². The van der Waals surface area contributed by atoms with E-state index in [0.29, 0.717) is 19.0 Å². The monoisotopic (exact) mass is 1880 g/mol. The number of thioether (sulfide) groups is 1. The number of nitrogens with one attached hydrogen (secondary N) is 1. The van der Waals surface area contributed by atoms with E-state index in [1.54, 1.807) is 46.8 Å². The number of imidazole rings is 1. The van der Waals surface area contributed by atoms with Crippen molar-refractivity contribution in [1.82, 2.24) is 79.3 Å². The number of benzene rings is 12. The number of aryl methyl sites for hydroxylation is 6. The molecule has 0 fully saturated rings. The Bertz CT molecular complexity index is 7680. The summed E-state index contributed by atoms with van der Waals surface area (Å²) in [4.78, 5) is 83.0. The molecule has 21 nitrogen and oxygen atoms in total. The predicted molar refractivity (Wildman–Crippen MR) is 572 cm³/mol. The number of allylic oxidation sites excluding steroid dienone is 3. The molecule has 4 aliphatic rings. The van der Waals surface area contributed by atoms with Crippen LogP contribution in [0.4, 0.5) is 5.82 Å². The smallest absolute Gasteiger partial charge is 0.233 e. The minimum atomic E-state index is 0.430. The van der Waals surface area contributed by atoms with Gasteiger partial charge in [0.25, 0.3) is 0 Å². The molecule has 21 aromatic rings. The lowest BCUT2D eigenvalue weighted by molar-refractivity contribution is 0.360. The zero-order chi connectivity index (χ0) is 94.1. The molecule has 0 unspecified atom stereocenters. The summed E-state index contributed by atoms with van der Waals surface area (Å²) < 4.78 is 9.44. The molecule has 12 aromatic carbocycles. The predicted octanol–water partition coefficient (Wildman–Crippen LogP) is 25.7. The van der Waals surface area contributed by atoms with Gasteiger partial charge in [-0.15, -0.1) is 34.4 Å². The molecule has 0 spiro atoms. The van der Waals surface area contributed by atoms with Crippen LogP contribution in [0.5, 0.6) is 5.88 Å². The Kier molecular flexibility index (Phi) is 29.7. The van der Waals surface area contributed by atoms with Gasteiger partial charge < -0.3 is 14.6 Å². The van der Waals surface area contributed by atoms with Crippen molar-refractivity contribution >= 4 is 150 Å². The SMILES string of the molecule is C1=C(c2ccccc2)N=C(CNc2cnc3ccccc3n2)C1.C1=C(c2ccccc2)N=C(COc2cnc3ccccc3n2)C1.C1=C(c2ccccc2)N=C(SCc2cnc3ccccc3n2)C1.c1ccc(-c2csc(CCc3cnc4ccccc4n3)n2)cc1.c1ccc(-c2nc(CCc3cnc4ccccc4n3)n3c2CCCC3)cc1.c1ccc2nc(CCc3nc4ccccc4s3)cnc2c1. The number of ether oxygens (including phenoxy) is 1. The van der Waals surface area contributed by atoms with Gasteiger partial charge in [-0.05, 0) is 140 Å². The molecule has 0 bridgehead atoms. The van der Waals surface area contributed by atoms with Gasteiger partial charge in [-0.3, -0.25) is 34.9 Å². The summed E-state index contributed by atoms with van der Waals surface area (Å²) in [5, 5.41) is 8.87. The third-order valence-corrected chi connectivity index (χ3v) is 26.7. The number of rotatable bonds is 22. The first-order chi connectivity index (χ1) is 69.3. The highest BCUT2D eigenvalue weighted by molar-refractivity contribution is 8.13. The summed E-state index contributed by atoms with van der Waals surface area (Å²) in [7, 11) is 0. The molecular weight excluding hydrogens is 1790 g/mol. The van der Waals surface area contributed by atoms with E-state index in [4.69, 9.17) is 29.7 Å². The lowest BCUT2D eigenvalue weighted by atomic mass is 10.0.